The molecule has 5 aromatic rings. The number of fused-ring (bicyclic) bond motifs is 1. The van der Waals surface area contributed by atoms with E-state index in [4.69, 9.17) is 19.7 Å². The Bertz CT molecular complexity index is 3150. The van der Waals surface area contributed by atoms with Gasteiger partial charge in [-0.15, -0.1) is 0 Å². The Hall–Kier alpha value is -7.93. The van der Waals surface area contributed by atoms with Gasteiger partial charge in [0, 0.05) is 68.0 Å². The molecule has 26 nitrogen and oxygen atoms in total. The summed E-state index contributed by atoms with van der Waals surface area (Å²) in [6.45, 7) is 12.0. The lowest BCUT2D eigenvalue weighted by Crippen LogP contribution is -2.56. The SMILES string of the molecule is CC.CCC.Cc1c(CCOc2c(-c3ccc4ncc(CNC(O)(O)O)n4c3)ccc(F)c2F)c(C(OCNC(=O)CNC(=O)C(Cc2ccccc2)NC(=O)CNC(=O)CNC(=O)C(CNCC(=O)O)N2C(=O)CC(S)C2=O)C(C)(C)C)nn1C. The van der Waals surface area contributed by atoms with Crippen molar-refractivity contribution in [2.75, 3.05) is 46.1 Å². The number of pyridine rings is 1. The third kappa shape index (κ3) is 20.7. The van der Waals surface area contributed by atoms with Crippen LogP contribution in [0, 0.1) is 24.0 Å². The highest BCUT2D eigenvalue weighted by molar-refractivity contribution is 7.81. The molecule has 1 aliphatic rings. The van der Waals surface area contributed by atoms with Gasteiger partial charge in [0.05, 0.1) is 55.6 Å². The number of hydrogen-bond acceptors (Lipinski definition) is 18. The maximum absolute atomic E-state index is 15.6. The van der Waals surface area contributed by atoms with E-state index in [1.165, 1.54) is 18.7 Å². The van der Waals surface area contributed by atoms with Crippen LogP contribution in [-0.4, -0.2) is 161 Å². The van der Waals surface area contributed by atoms with Crippen LogP contribution in [0.1, 0.15) is 95.6 Å². The zero-order chi connectivity index (χ0) is 64.1. The quantitative estimate of drug-likeness (QED) is 0.0191. The fourth-order valence-electron chi connectivity index (χ4n) is 8.59. The number of nitrogens with one attached hydrogen (secondary N) is 7. The van der Waals surface area contributed by atoms with Gasteiger partial charge in [-0.1, -0.05) is 85.2 Å². The summed E-state index contributed by atoms with van der Waals surface area (Å²) >= 11 is 4.05. The standard InChI is InChI=1S/C52H64F2N12O14S.C3H8.C2H6/c1-28-32(15-16-79-46-33(12-13-34(53)44(46)54)30-11-14-38-56-19-31(65(38)26-30)20-61-52(76,77)78)45(63-64(28)5)47(51(2,3)4)80-27-60-40(68)23-58-48(73)35(17-29-9-7-6-8-10-29)62-41(69)24-57-39(67)22-59-49(74)36(21-55-25-43(71)72)66-42(70)18-37(81)50(66)75;1-3-2;1-2/h6-14,19,26,35-37,47,55,61,76-78,81H,15-18,20-25,27H2,1-5H3,(H,57,67)(H,58,73)(H,59,74)(H,60,68)(H,62,69)(H,71,72);3H2,1-2H3;1-2H3. The number of carbonyl (C=O) groups is 8. The molecule has 0 bridgehead atoms. The van der Waals surface area contributed by atoms with Gasteiger partial charge < -0.3 is 66.2 Å². The monoisotopic (exact) mass is 1220 g/mol. The van der Waals surface area contributed by atoms with Crippen molar-refractivity contribution in [3.8, 4) is 16.9 Å². The Morgan fingerprint density at radius 2 is 1.50 bits per heavy atom. The van der Waals surface area contributed by atoms with Gasteiger partial charge in [-0.05, 0) is 42.2 Å². The molecule has 29 heteroatoms. The molecule has 6 rings (SSSR count). The van der Waals surface area contributed by atoms with Crippen molar-refractivity contribution in [1.29, 1.82) is 0 Å². The molecule has 4 heterocycles. The number of aryl methyl sites for hydroxylation is 1. The molecule has 0 aliphatic carbocycles. The van der Waals surface area contributed by atoms with Gasteiger partial charge in [0.25, 0.3) is 0 Å². The molecule has 0 saturated carbocycles. The molecule has 4 unspecified atom stereocenters. The van der Waals surface area contributed by atoms with Crippen molar-refractivity contribution in [1.82, 2.24) is 61.3 Å². The first-order valence-corrected chi connectivity index (χ1v) is 28.2. The zero-order valence-electron chi connectivity index (χ0n) is 49.5. The smallest absolute Gasteiger partial charge is 0.343 e. The van der Waals surface area contributed by atoms with Crippen LogP contribution >= 0.6 is 12.6 Å². The van der Waals surface area contributed by atoms with Crippen LogP contribution in [0.15, 0.2) is 67.0 Å². The van der Waals surface area contributed by atoms with E-state index in [0.717, 1.165) is 6.07 Å². The van der Waals surface area contributed by atoms with Crippen LogP contribution in [0.4, 0.5) is 8.78 Å². The third-order valence-corrected chi connectivity index (χ3v) is 13.1. The summed E-state index contributed by atoms with van der Waals surface area (Å²) in [7, 11) is 1.72. The van der Waals surface area contributed by atoms with E-state index in [1.807, 2.05) is 41.5 Å². The van der Waals surface area contributed by atoms with Crippen LogP contribution in [-0.2, 0) is 69.5 Å². The first-order chi connectivity index (χ1) is 40.6. The number of imidazole rings is 1. The fourth-order valence-corrected chi connectivity index (χ4v) is 8.87. The predicted molar refractivity (Wildman–Crippen MR) is 312 cm³/mol. The second kappa shape index (κ2) is 33.1. The Kier molecular flexibility index (Phi) is 27.2. The molecule has 470 valence electrons. The van der Waals surface area contributed by atoms with Crippen LogP contribution in [0.5, 0.6) is 5.75 Å². The number of carboxylic acids is 1. The number of thiol groups is 1. The molecule has 3 aromatic heterocycles. The Morgan fingerprint density at radius 3 is 2.12 bits per heavy atom. The van der Waals surface area contributed by atoms with Gasteiger partial charge in [0.1, 0.15) is 30.6 Å². The molecule has 1 aliphatic heterocycles. The molecular formula is C57H78F2N12O14S. The highest BCUT2D eigenvalue weighted by Crippen LogP contribution is 2.39. The lowest BCUT2D eigenvalue weighted by Gasteiger charge is -2.30. The van der Waals surface area contributed by atoms with E-state index in [0.29, 0.717) is 44.3 Å². The average Bonchev–Trinajstić information content (AvgIpc) is 1.78. The van der Waals surface area contributed by atoms with Crippen LogP contribution in [0.2, 0.25) is 0 Å². The van der Waals surface area contributed by atoms with Crippen LogP contribution in [0.3, 0.4) is 0 Å². The number of benzene rings is 2. The van der Waals surface area contributed by atoms with E-state index in [2.05, 4.69) is 68.7 Å². The van der Waals surface area contributed by atoms with E-state index in [-0.39, 0.29) is 50.5 Å². The van der Waals surface area contributed by atoms with Crippen molar-refractivity contribution in [3.63, 3.8) is 0 Å². The summed E-state index contributed by atoms with van der Waals surface area (Å²) in [5, 5.41) is 57.5. The number of aliphatic hydroxyl groups is 3. The maximum Gasteiger partial charge on any atom is 0.343 e. The summed E-state index contributed by atoms with van der Waals surface area (Å²) < 4.78 is 45.9. The topological polar surface area (TPSA) is 359 Å². The Morgan fingerprint density at radius 1 is 0.860 bits per heavy atom. The highest BCUT2D eigenvalue weighted by Gasteiger charge is 2.43. The molecule has 86 heavy (non-hydrogen) atoms. The number of likely N-dealkylation sites (tertiary alicyclic amines) is 1. The fraction of sp³-hybridized carbons (Fsp3) is 0.474. The maximum atomic E-state index is 15.6. The number of carboxylic acid groups (broad SMARTS) is 1. The van der Waals surface area contributed by atoms with Gasteiger partial charge in [-0.25, -0.2) is 14.7 Å². The third-order valence-electron chi connectivity index (χ3n) is 12.7. The largest absolute Gasteiger partial charge is 0.489 e. The summed E-state index contributed by atoms with van der Waals surface area (Å²) in [6.07, 6.45) is 0.163. The van der Waals surface area contributed by atoms with Crippen molar-refractivity contribution in [3.05, 3.63) is 107 Å². The second-order valence-electron chi connectivity index (χ2n) is 20.5. The minimum Gasteiger partial charge on any atom is -0.489 e. The van der Waals surface area contributed by atoms with Gasteiger partial charge in [0.15, 0.2) is 11.6 Å². The molecule has 4 atom stereocenters. The molecule has 0 radical (unpaired) electrons. The first kappa shape index (κ1) is 70.6. The molecule has 11 N–H and O–H groups in total. The summed E-state index contributed by atoms with van der Waals surface area (Å²) in [4.78, 5) is 107. The number of rotatable bonds is 28. The predicted octanol–water partition coefficient (Wildman–Crippen LogP) is 1.42. The normalized spacial score (nSPS) is 14.2. The summed E-state index contributed by atoms with van der Waals surface area (Å²) in [5.41, 5.74) is 3.29. The van der Waals surface area contributed by atoms with Crippen LogP contribution in [0.25, 0.3) is 16.8 Å². The molecule has 1 fully saturated rings. The number of amides is 7. The number of aliphatic carboxylic acids is 1. The molecule has 7 amide bonds. The van der Waals surface area contributed by atoms with Gasteiger partial charge in [0.2, 0.25) is 47.2 Å². The van der Waals surface area contributed by atoms with Gasteiger partial charge >= 0.3 is 12.1 Å². The lowest BCUT2D eigenvalue weighted by atomic mass is 9.85. The highest BCUT2D eigenvalue weighted by atomic mass is 32.1. The number of ether oxygens (including phenoxy) is 2. The summed E-state index contributed by atoms with van der Waals surface area (Å²) in [5.74, 6) is -9.59. The Labute approximate surface area is 501 Å². The number of nitrogens with zero attached hydrogens (tertiary/aromatic N) is 5. The summed E-state index contributed by atoms with van der Waals surface area (Å²) in [6, 6.07) is 11.4. The molecule has 0 spiro atoms. The van der Waals surface area contributed by atoms with Crippen molar-refractivity contribution >= 4 is 65.6 Å². The first-order valence-electron chi connectivity index (χ1n) is 27.7. The number of imide groups is 1. The number of hydrogen-bond donors (Lipinski definition) is 12. The molecular weight excluding hydrogens is 1150 g/mol. The van der Waals surface area contributed by atoms with E-state index >= 15 is 4.39 Å². The molecule has 2 aromatic carbocycles. The van der Waals surface area contributed by atoms with Crippen molar-refractivity contribution in [2.45, 2.75) is 117 Å². The number of carbonyl (C=O) groups excluding carboxylic acids is 7. The van der Waals surface area contributed by atoms with E-state index < -0.39 is 127 Å². The zero-order valence-corrected chi connectivity index (χ0v) is 50.4. The minimum atomic E-state index is -3.15. The van der Waals surface area contributed by atoms with Gasteiger partial charge in [-0.2, -0.15) is 22.1 Å². The number of aromatic nitrogens is 4. The van der Waals surface area contributed by atoms with E-state index in [9.17, 15) is 58.1 Å². The van der Waals surface area contributed by atoms with Gasteiger partial charge in [-0.3, -0.25) is 47.9 Å². The molecule has 1 saturated heterocycles. The van der Waals surface area contributed by atoms with Crippen LogP contribution < -0.4 is 42.0 Å². The Balaban J connectivity index is 0.00000307. The second-order valence-corrected chi connectivity index (χ2v) is 21.2. The lowest BCUT2D eigenvalue weighted by molar-refractivity contribution is -0.332. The van der Waals surface area contributed by atoms with E-state index in [1.54, 1.807) is 64.8 Å². The average molecular weight is 1230 g/mol. The number of halogens is 2. The van der Waals surface area contributed by atoms with Crippen molar-refractivity contribution < 1.29 is 77.0 Å². The van der Waals surface area contributed by atoms with Crippen molar-refractivity contribution in [2.24, 2.45) is 12.5 Å². The minimum absolute atomic E-state index is 0.0258.